The van der Waals surface area contributed by atoms with Crippen molar-refractivity contribution in [2.45, 2.75) is 64.3 Å². The summed E-state index contributed by atoms with van der Waals surface area (Å²) in [6, 6.07) is 11.8. The molecule has 0 radical (unpaired) electrons. The number of benzene rings is 2. The standard InChI is InChI=1S/C29H34FN3O9/c1-16(34)31-21-9-5-19(6-10-21)13-24(37)41-27-23(15-30)40-29(39-4)26(33-18(3)36)28(27)42-25(38)14-20-7-11-22(12-8-20)32-17(2)35/h5-12,23,26-29H,13-15H2,1-4H3,(H,31,34)(H,32,35)(H,33,36)/t23-,26-,27-,28-,29+/m1/s1. The maximum absolute atomic E-state index is 14.2. The van der Waals surface area contributed by atoms with E-state index in [1.807, 2.05) is 0 Å². The van der Waals surface area contributed by atoms with E-state index in [0.717, 1.165) is 0 Å². The van der Waals surface area contributed by atoms with Crippen LogP contribution in [0.5, 0.6) is 0 Å². The van der Waals surface area contributed by atoms with Crippen molar-refractivity contribution >= 4 is 41.0 Å². The van der Waals surface area contributed by atoms with Crippen LogP contribution >= 0.6 is 0 Å². The molecule has 3 amide bonds. The number of halogens is 1. The molecule has 1 heterocycles. The molecule has 1 aliphatic rings. The largest absolute Gasteiger partial charge is 0.456 e. The predicted octanol–water partition coefficient (Wildman–Crippen LogP) is 2.06. The Balaban J connectivity index is 1.80. The first kappa shape index (κ1) is 32.2. The quantitative estimate of drug-likeness (QED) is 0.335. The molecule has 12 nitrogen and oxygen atoms in total. The fourth-order valence-corrected chi connectivity index (χ4v) is 4.44. The van der Waals surface area contributed by atoms with Crippen LogP contribution in [0.3, 0.4) is 0 Å². The van der Waals surface area contributed by atoms with Crippen molar-refractivity contribution in [3.05, 3.63) is 59.7 Å². The number of rotatable bonds is 11. The number of amides is 3. The number of hydrogen-bond acceptors (Lipinski definition) is 9. The molecule has 2 aromatic rings. The SMILES string of the molecule is CO[C@H]1O[C@H](CF)[C@@H](OC(=O)Cc2ccc(NC(C)=O)cc2)[C@H](OC(=O)Cc2ccc(NC(C)=O)cc2)[C@H]1NC(C)=O. The van der Waals surface area contributed by atoms with Gasteiger partial charge in [-0.1, -0.05) is 24.3 Å². The lowest BCUT2D eigenvalue weighted by Gasteiger charge is -2.44. The van der Waals surface area contributed by atoms with Crippen molar-refractivity contribution in [2.24, 2.45) is 0 Å². The Bertz CT molecular complexity index is 1270. The average Bonchev–Trinajstić information content (AvgIpc) is 2.92. The van der Waals surface area contributed by atoms with Gasteiger partial charge in [0.25, 0.3) is 0 Å². The maximum Gasteiger partial charge on any atom is 0.310 e. The van der Waals surface area contributed by atoms with Gasteiger partial charge in [-0.15, -0.1) is 0 Å². The van der Waals surface area contributed by atoms with Gasteiger partial charge in [-0.25, -0.2) is 4.39 Å². The first-order valence-electron chi connectivity index (χ1n) is 13.1. The first-order chi connectivity index (χ1) is 20.0. The molecule has 13 heteroatoms. The van der Waals surface area contributed by atoms with Gasteiger partial charge in [0.15, 0.2) is 18.5 Å². The molecule has 226 valence electrons. The molecule has 0 spiro atoms. The number of alkyl halides is 1. The highest BCUT2D eigenvalue weighted by Gasteiger charge is 2.51. The Morgan fingerprint density at radius 1 is 0.738 bits per heavy atom. The lowest BCUT2D eigenvalue weighted by Crippen LogP contribution is -2.66. The van der Waals surface area contributed by atoms with Crippen LogP contribution in [0.4, 0.5) is 15.8 Å². The summed E-state index contributed by atoms with van der Waals surface area (Å²) < 4.78 is 36.4. The van der Waals surface area contributed by atoms with Gasteiger partial charge in [0.2, 0.25) is 17.7 Å². The minimum atomic E-state index is -1.42. The van der Waals surface area contributed by atoms with Gasteiger partial charge in [0.1, 0.15) is 18.8 Å². The minimum Gasteiger partial charge on any atom is -0.456 e. The molecule has 0 aromatic heterocycles. The second-order valence-electron chi connectivity index (χ2n) is 9.68. The van der Waals surface area contributed by atoms with E-state index in [4.69, 9.17) is 18.9 Å². The van der Waals surface area contributed by atoms with Crippen molar-refractivity contribution in [3.63, 3.8) is 0 Å². The fourth-order valence-electron chi connectivity index (χ4n) is 4.44. The van der Waals surface area contributed by atoms with E-state index in [2.05, 4.69) is 16.0 Å². The van der Waals surface area contributed by atoms with E-state index in [1.165, 1.54) is 27.9 Å². The Labute approximate surface area is 242 Å². The highest BCUT2D eigenvalue weighted by Crippen LogP contribution is 2.28. The van der Waals surface area contributed by atoms with Gasteiger partial charge in [0, 0.05) is 39.3 Å². The van der Waals surface area contributed by atoms with Crippen LogP contribution in [0.25, 0.3) is 0 Å². The Morgan fingerprint density at radius 3 is 1.57 bits per heavy atom. The van der Waals surface area contributed by atoms with Crippen molar-refractivity contribution < 1.29 is 47.3 Å². The smallest absolute Gasteiger partial charge is 0.310 e. The average molecular weight is 588 g/mol. The number of ether oxygens (including phenoxy) is 4. The van der Waals surface area contributed by atoms with Crippen molar-refractivity contribution in [1.29, 1.82) is 0 Å². The lowest BCUT2D eigenvalue weighted by atomic mass is 9.96. The molecule has 1 fully saturated rings. The molecule has 1 aliphatic heterocycles. The summed E-state index contributed by atoms with van der Waals surface area (Å²) in [5, 5.41) is 7.84. The molecule has 3 rings (SSSR count). The van der Waals surface area contributed by atoms with Crippen LogP contribution in [-0.2, 0) is 55.8 Å². The van der Waals surface area contributed by atoms with E-state index >= 15 is 0 Å². The zero-order valence-corrected chi connectivity index (χ0v) is 23.7. The van der Waals surface area contributed by atoms with E-state index < -0.39 is 55.2 Å². The summed E-state index contributed by atoms with van der Waals surface area (Å²) in [5.41, 5.74) is 2.18. The number of esters is 2. The third-order valence-electron chi connectivity index (χ3n) is 6.18. The van der Waals surface area contributed by atoms with Crippen LogP contribution in [-0.4, -0.2) is 74.1 Å². The molecule has 42 heavy (non-hydrogen) atoms. The molecular formula is C29H34FN3O9. The van der Waals surface area contributed by atoms with Crippen LogP contribution in [0.15, 0.2) is 48.5 Å². The monoisotopic (exact) mass is 587 g/mol. The third-order valence-corrected chi connectivity index (χ3v) is 6.18. The molecule has 3 N–H and O–H groups in total. The van der Waals surface area contributed by atoms with Crippen molar-refractivity contribution in [3.8, 4) is 0 Å². The summed E-state index contributed by atoms with van der Waals surface area (Å²) in [6.07, 6.45) is -5.76. The summed E-state index contributed by atoms with van der Waals surface area (Å²) in [5.74, 6) is -2.51. The second-order valence-corrected chi connectivity index (χ2v) is 9.68. The zero-order valence-electron chi connectivity index (χ0n) is 23.7. The molecule has 0 saturated carbocycles. The van der Waals surface area contributed by atoms with E-state index in [-0.39, 0.29) is 24.7 Å². The zero-order chi connectivity index (χ0) is 30.8. The Morgan fingerprint density at radius 2 is 1.19 bits per heavy atom. The van der Waals surface area contributed by atoms with Crippen LogP contribution in [0.1, 0.15) is 31.9 Å². The molecule has 5 atom stereocenters. The maximum atomic E-state index is 14.2. The topological polar surface area (TPSA) is 158 Å². The van der Waals surface area contributed by atoms with Gasteiger partial charge in [-0.05, 0) is 35.4 Å². The van der Waals surface area contributed by atoms with Gasteiger partial charge >= 0.3 is 11.9 Å². The van der Waals surface area contributed by atoms with Crippen LogP contribution in [0, 0.1) is 0 Å². The number of carbonyl (C=O) groups is 5. The van der Waals surface area contributed by atoms with Gasteiger partial charge in [0.05, 0.1) is 12.8 Å². The summed E-state index contributed by atoms with van der Waals surface area (Å²) in [7, 11) is 1.28. The molecule has 0 aliphatic carbocycles. The number of anilines is 2. The number of methoxy groups -OCH3 is 1. The van der Waals surface area contributed by atoms with E-state index in [0.29, 0.717) is 22.5 Å². The Kier molecular flexibility index (Phi) is 11.5. The Hall–Kier alpha value is -4.36. The fraction of sp³-hybridized carbons (Fsp3) is 0.414. The van der Waals surface area contributed by atoms with Gasteiger partial charge in [-0.3, -0.25) is 24.0 Å². The molecule has 0 bridgehead atoms. The van der Waals surface area contributed by atoms with Crippen molar-refractivity contribution in [2.75, 3.05) is 24.4 Å². The van der Waals surface area contributed by atoms with Crippen LogP contribution in [0.2, 0.25) is 0 Å². The molecule has 2 aromatic carbocycles. The minimum absolute atomic E-state index is 0.205. The number of nitrogens with one attached hydrogen (secondary N) is 3. The van der Waals surface area contributed by atoms with Crippen molar-refractivity contribution in [1.82, 2.24) is 5.32 Å². The summed E-state index contributed by atoms with van der Waals surface area (Å²) >= 11 is 0. The molecule has 1 saturated heterocycles. The highest BCUT2D eigenvalue weighted by atomic mass is 19.1. The predicted molar refractivity (Wildman–Crippen MR) is 148 cm³/mol. The van der Waals surface area contributed by atoms with Gasteiger partial charge in [-0.2, -0.15) is 0 Å². The van der Waals surface area contributed by atoms with Crippen LogP contribution < -0.4 is 16.0 Å². The molecular weight excluding hydrogens is 553 g/mol. The lowest BCUT2D eigenvalue weighted by molar-refractivity contribution is -0.267. The van der Waals surface area contributed by atoms with E-state index in [1.54, 1.807) is 48.5 Å². The third kappa shape index (κ3) is 9.35. The second kappa shape index (κ2) is 15.0. The van der Waals surface area contributed by atoms with E-state index in [9.17, 15) is 28.4 Å². The van der Waals surface area contributed by atoms with Gasteiger partial charge < -0.3 is 34.9 Å². The number of hydrogen-bond donors (Lipinski definition) is 3. The summed E-state index contributed by atoms with van der Waals surface area (Å²) in [6.45, 7) is 2.87. The number of carbonyl (C=O) groups excluding carboxylic acids is 5. The molecule has 0 unspecified atom stereocenters. The summed E-state index contributed by atoms with van der Waals surface area (Å²) in [4.78, 5) is 60.5. The highest BCUT2D eigenvalue weighted by molar-refractivity contribution is 5.89. The normalized spacial score (nSPS) is 21.5. The first-order valence-corrected chi connectivity index (χ1v) is 13.1.